The number of hydrogen-bond donors (Lipinski definition) is 1. The average Bonchev–Trinajstić information content (AvgIpc) is 3.41. The van der Waals surface area contributed by atoms with Crippen LogP contribution in [0.3, 0.4) is 0 Å². The molecule has 3 atom stereocenters. The van der Waals surface area contributed by atoms with Crippen LogP contribution in [0.4, 0.5) is 0 Å². The normalized spacial score (nSPS) is 18.3. The third kappa shape index (κ3) is 6.58. The lowest BCUT2D eigenvalue weighted by atomic mass is 9.80. The van der Waals surface area contributed by atoms with E-state index in [0.29, 0.717) is 5.56 Å². The molecule has 9 heteroatoms. The van der Waals surface area contributed by atoms with E-state index in [1.54, 1.807) is 6.92 Å². The Morgan fingerprint density at radius 3 is 1.93 bits per heavy atom. The van der Waals surface area contributed by atoms with Crippen molar-refractivity contribution >= 4 is 11.8 Å². The van der Waals surface area contributed by atoms with E-state index in [0.717, 1.165) is 16.7 Å². The molecule has 1 fully saturated rings. The maximum Gasteiger partial charge on any atom is 0.330 e. The number of benzene rings is 3. The molecular weight excluding hydrogens is 548 g/mol. The Labute approximate surface area is 249 Å². The quantitative estimate of drug-likeness (QED) is 0.206. The van der Waals surface area contributed by atoms with Crippen LogP contribution in [0.25, 0.3) is 0 Å². The van der Waals surface area contributed by atoms with E-state index < -0.39 is 41.3 Å². The lowest BCUT2D eigenvalue weighted by molar-refractivity contribution is -0.156. The van der Waals surface area contributed by atoms with Gasteiger partial charge in [-0.1, -0.05) is 91.0 Å². The van der Waals surface area contributed by atoms with E-state index in [4.69, 9.17) is 14.2 Å². The molecule has 2 heterocycles. The van der Waals surface area contributed by atoms with Crippen LogP contribution in [0.15, 0.2) is 107 Å². The molecule has 222 valence electrons. The fourth-order valence-corrected chi connectivity index (χ4v) is 5.43. The summed E-state index contributed by atoms with van der Waals surface area (Å²) in [5.41, 5.74) is 0.869. The Morgan fingerprint density at radius 1 is 0.884 bits per heavy atom. The molecule has 0 saturated carbocycles. The second-order valence-corrected chi connectivity index (χ2v) is 10.7. The average molecular weight is 583 g/mol. The number of Topliss-reactive ketones (excluding diaryl/α,β-unsaturated/α-hetero) is 1. The minimum absolute atomic E-state index is 0.00305. The van der Waals surface area contributed by atoms with Crippen molar-refractivity contribution < 1.29 is 23.8 Å². The van der Waals surface area contributed by atoms with Gasteiger partial charge < -0.3 is 19.0 Å². The molecule has 0 aliphatic carbocycles. The zero-order chi connectivity index (χ0) is 30.4. The highest BCUT2D eigenvalue weighted by Crippen LogP contribution is 2.42. The minimum atomic E-state index is -1.04. The van der Waals surface area contributed by atoms with Gasteiger partial charge in [0.15, 0.2) is 0 Å². The van der Waals surface area contributed by atoms with Gasteiger partial charge in [-0.05, 0) is 30.5 Å². The van der Waals surface area contributed by atoms with Crippen molar-refractivity contribution in [3.8, 4) is 0 Å². The number of hydrogen-bond acceptors (Lipinski definition) is 7. The second-order valence-electron chi connectivity index (χ2n) is 10.7. The van der Waals surface area contributed by atoms with E-state index >= 15 is 0 Å². The van der Waals surface area contributed by atoms with Gasteiger partial charge in [0.1, 0.15) is 29.8 Å². The van der Waals surface area contributed by atoms with Gasteiger partial charge in [0, 0.05) is 24.6 Å². The van der Waals surface area contributed by atoms with Crippen LogP contribution in [0.5, 0.6) is 0 Å². The number of nitrogens with one attached hydrogen (secondary N) is 1. The minimum Gasteiger partial charge on any atom is -0.459 e. The molecular formula is C34H34N2O7. The summed E-state index contributed by atoms with van der Waals surface area (Å²) in [7, 11) is 0. The zero-order valence-electron chi connectivity index (χ0n) is 24.1. The second kappa shape index (κ2) is 13.1. The summed E-state index contributed by atoms with van der Waals surface area (Å²) in [5.74, 6) is -0.661. The van der Waals surface area contributed by atoms with Gasteiger partial charge >= 0.3 is 11.7 Å². The molecule has 3 aromatic carbocycles. The van der Waals surface area contributed by atoms with Crippen LogP contribution in [-0.2, 0) is 29.4 Å². The summed E-state index contributed by atoms with van der Waals surface area (Å²) in [6, 6.07) is 29.5. The fraction of sp³-hybridized carbons (Fsp3) is 0.294. The lowest BCUT2D eigenvalue weighted by Crippen LogP contribution is -2.39. The highest BCUT2D eigenvalue weighted by molar-refractivity contribution is 5.81. The van der Waals surface area contributed by atoms with Crippen molar-refractivity contribution in [3.63, 3.8) is 0 Å². The maximum absolute atomic E-state index is 12.7. The van der Waals surface area contributed by atoms with E-state index in [1.165, 1.54) is 17.7 Å². The first kappa shape index (κ1) is 29.9. The molecule has 1 N–H and O–H groups in total. The summed E-state index contributed by atoms with van der Waals surface area (Å²) in [4.78, 5) is 51.2. The SMILES string of the molecule is CC(=O)CCC(=O)O[C@@H]1C[C@H](n2cc(C)c(=O)[nH]c2=O)O[C@H]1COC(c1ccccc1)(c1ccccc1)c1ccccc1. The molecule has 0 unspecified atom stereocenters. The molecule has 1 saturated heterocycles. The van der Waals surface area contributed by atoms with Crippen molar-refractivity contribution in [2.45, 2.75) is 57.1 Å². The first-order valence-corrected chi connectivity index (χ1v) is 14.2. The van der Waals surface area contributed by atoms with Gasteiger partial charge in [-0.25, -0.2) is 4.79 Å². The number of esters is 1. The fourth-order valence-electron chi connectivity index (χ4n) is 5.43. The van der Waals surface area contributed by atoms with Crippen molar-refractivity contribution in [2.24, 2.45) is 0 Å². The van der Waals surface area contributed by atoms with E-state index in [9.17, 15) is 19.2 Å². The zero-order valence-corrected chi connectivity index (χ0v) is 24.1. The number of aryl methyl sites for hydroxylation is 1. The summed E-state index contributed by atoms with van der Waals surface area (Å²) in [6.45, 7) is 3.01. The number of aromatic amines is 1. The Balaban J connectivity index is 1.52. The number of carbonyl (C=O) groups excluding carboxylic acids is 2. The van der Waals surface area contributed by atoms with Crippen LogP contribution in [-0.4, -0.2) is 40.1 Å². The van der Waals surface area contributed by atoms with Crippen LogP contribution in [0.2, 0.25) is 0 Å². The van der Waals surface area contributed by atoms with Gasteiger partial charge in [0.05, 0.1) is 13.0 Å². The Morgan fingerprint density at radius 2 is 1.42 bits per heavy atom. The molecule has 0 amide bonds. The van der Waals surface area contributed by atoms with E-state index in [2.05, 4.69) is 4.98 Å². The Kier molecular flexibility index (Phi) is 9.13. The van der Waals surface area contributed by atoms with Gasteiger partial charge in [-0.3, -0.25) is 19.1 Å². The van der Waals surface area contributed by atoms with Crippen LogP contribution in [0, 0.1) is 6.92 Å². The smallest absolute Gasteiger partial charge is 0.330 e. The summed E-state index contributed by atoms with van der Waals surface area (Å²) in [5, 5.41) is 0. The van der Waals surface area contributed by atoms with E-state index in [-0.39, 0.29) is 31.7 Å². The summed E-state index contributed by atoms with van der Waals surface area (Å²) >= 11 is 0. The first-order valence-electron chi connectivity index (χ1n) is 14.2. The van der Waals surface area contributed by atoms with Gasteiger partial charge in [-0.2, -0.15) is 0 Å². The summed E-state index contributed by atoms with van der Waals surface area (Å²) < 4.78 is 20.4. The maximum atomic E-state index is 12.7. The number of H-pyrrole nitrogens is 1. The van der Waals surface area contributed by atoms with Crippen molar-refractivity contribution in [3.05, 3.63) is 140 Å². The number of aromatic nitrogens is 2. The molecule has 0 bridgehead atoms. The number of ether oxygens (including phenoxy) is 3. The molecule has 4 aromatic rings. The number of rotatable bonds is 11. The molecule has 0 radical (unpaired) electrons. The highest BCUT2D eigenvalue weighted by Gasteiger charge is 2.43. The molecule has 0 spiro atoms. The molecule has 5 rings (SSSR count). The van der Waals surface area contributed by atoms with Crippen molar-refractivity contribution in [2.75, 3.05) is 6.61 Å². The van der Waals surface area contributed by atoms with Crippen LogP contribution >= 0.6 is 0 Å². The van der Waals surface area contributed by atoms with Gasteiger partial charge in [-0.15, -0.1) is 0 Å². The molecule has 1 aliphatic heterocycles. The number of ketones is 1. The third-order valence-corrected chi connectivity index (χ3v) is 7.61. The Hall–Kier alpha value is -4.60. The van der Waals surface area contributed by atoms with Crippen molar-refractivity contribution in [1.29, 1.82) is 0 Å². The predicted octanol–water partition coefficient (Wildman–Crippen LogP) is 4.42. The molecule has 9 nitrogen and oxygen atoms in total. The predicted molar refractivity (Wildman–Crippen MR) is 160 cm³/mol. The van der Waals surface area contributed by atoms with Gasteiger partial charge in [0.2, 0.25) is 0 Å². The number of nitrogens with zero attached hydrogens (tertiary/aromatic N) is 1. The summed E-state index contributed by atoms with van der Waals surface area (Å²) in [6.07, 6.45) is -0.767. The Bertz CT molecular complexity index is 1570. The highest BCUT2D eigenvalue weighted by atomic mass is 16.6. The van der Waals surface area contributed by atoms with Crippen LogP contribution in [0.1, 0.15) is 54.7 Å². The third-order valence-electron chi connectivity index (χ3n) is 7.61. The molecule has 1 aromatic heterocycles. The first-order chi connectivity index (χ1) is 20.8. The standard InChI is InChI=1S/C34H34N2O7/c1-23-21-36(33(40)35-32(23)39)30-20-28(43-31(38)19-18-24(2)37)29(42-30)22-41-34(25-12-6-3-7-13-25,26-14-8-4-9-15-26)27-16-10-5-11-17-27/h3-17,21,28-30H,18-20,22H2,1-2H3,(H,35,39,40)/t28-,29+,30-/m1/s1. The topological polar surface area (TPSA) is 117 Å². The largest absolute Gasteiger partial charge is 0.459 e. The monoisotopic (exact) mass is 582 g/mol. The van der Waals surface area contributed by atoms with Gasteiger partial charge in [0.25, 0.3) is 5.56 Å². The molecule has 1 aliphatic rings. The number of carbonyl (C=O) groups is 2. The van der Waals surface area contributed by atoms with E-state index in [1.807, 2.05) is 91.0 Å². The lowest BCUT2D eigenvalue weighted by Gasteiger charge is -2.37. The van der Waals surface area contributed by atoms with Crippen LogP contribution < -0.4 is 11.2 Å². The van der Waals surface area contributed by atoms with Crippen molar-refractivity contribution in [1.82, 2.24) is 9.55 Å². The molecule has 43 heavy (non-hydrogen) atoms.